The Morgan fingerprint density at radius 1 is 1.06 bits per heavy atom. The first-order valence-electron chi connectivity index (χ1n) is 10.8. The van der Waals surface area contributed by atoms with Gasteiger partial charge in [-0.05, 0) is 36.5 Å². The van der Waals surface area contributed by atoms with Gasteiger partial charge in [-0.2, -0.15) is 0 Å². The van der Waals surface area contributed by atoms with Crippen molar-refractivity contribution in [1.29, 1.82) is 0 Å². The van der Waals surface area contributed by atoms with Gasteiger partial charge in [0.2, 0.25) is 0 Å². The number of nitrogens with one attached hydrogen (secondary N) is 1. The first-order chi connectivity index (χ1) is 15.1. The number of rotatable bonds is 6. The third-order valence-corrected chi connectivity index (χ3v) is 5.86. The number of nitrogens with zero attached hydrogens (tertiary/aromatic N) is 3. The molecule has 1 atom stereocenters. The van der Waals surface area contributed by atoms with Gasteiger partial charge >= 0.3 is 0 Å². The van der Waals surface area contributed by atoms with E-state index in [2.05, 4.69) is 24.4 Å². The quantitative estimate of drug-likeness (QED) is 0.660. The molecule has 1 aromatic heterocycles. The van der Waals surface area contributed by atoms with Gasteiger partial charge in [0.05, 0.1) is 0 Å². The molecule has 3 aromatic rings. The first-order valence-corrected chi connectivity index (χ1v) is 10.8. The molecular weight excluding hydrogens is 388 g/mol. The Balaban J connectivity index is 1.59. The minimum Gasteiger partial charge on any atom is -0.350 e. The molecule has 0 fully saturated rings. The predicted molar refractivity (Wildman–Crippen MR) is 122 cm³/mol. The lowest BCUT2D eigenvalue weighted by Gasteiger charge is -2.20. The molecule has 0 bridgehead atoms. The van der Waals surface area contributed by atoms with Gasteiger partial charge in [-0.15, -0.1) is 0 Å². The van der Waals surface area contributed by atoms with Crippen molar-refractivity contribution in [1.82, 2.24) is 14.9 Å². The zero-order chi connectivity index (χ0) is 21.8. The minimum absolute atomic E-state index is 0.178. The molecule has 1 aliphatic rings. The van der Waals surface area contributed by atoms with Gasteiger partial charge in [-0.1, -0.05) is 55.5 Å². The number of amides is 2. The van der Waals surface area contributed by atoms with Crippen molar-refractivity contribution < 1.29 is 9.59 Å². The van der Waals surface area contributed by atoms with E-state index >= 15 is 0 Å². The van der Waals surface area contributed by atoms with Crippen LogP contribution in [0.5, 0.6) is 0 Å². The van der Waals surface area contributed by atoms with Gasteiger partial charge in [0.1, 0.15) is 5.82 Å². The van der Waals surface area contributed by atoms with Crippen molar-refractivity contribution in [2.24, 2.45) is 0 Å². The summed E-state index contributed by atoms with van der Waals surface area (Å²) in [5, 5.41) is 3.07. The smallest absolute Gasteiger partial charge is 0.271 e. The van der Waals surface area contributed by atoms with Crippen LogP contribution >= 0.6 is 0 Å². The maximum atomic E-state index is 13.3. The summed E-state index contributed by atoms with van der Waals surface area (Å²) >= 11 is 0. The molecule has 2 amide bonds. The molecule has 2 heterocycles. The van der Waals surface area contributed by atoms with E-state index in [0.29, 0.717) is 23.6 Å². The Kier molecular flexibility index (Phi) is 6.16. The van der Waals surface area contributed by atoms with Crippen molar-refractivity contribution >= 4 is 17.6 Å². The van der Waals surface area contributed by atoms with Gasteiger partial charge < -0.3 is 9.88 Å². The van der Waals surface area contributed by atoms with Gasteiger partial charge in [0.25, 0.3) is 11.8 Å². The van der Waals surface area contributed by atoms with E-state index in [0.717, 1.165) is 31.6 Å². The van der Waals surface area contributed by atoms with E-state index in [9.17, 15) is 9.59 Å². The van der Waals surface area contributed by atoms with Crippen LogP contribution in [0, 0.1) is 0 Å². The lowest BCUT2D eigenvalue weighted by Crippen LogP contribution is -2.33. The van der Waals surface area contributed by atoms with E-state index in [-0.39, 0.29) is 17.7 Å². The molecule has 0 saturated carbocycles. The topological polar surface area (TPSA) is 67.2 Å². The summed E-state index contributed by atoms with van der Waals surface area (Å²) in [6.45, 7) is 3.35. The Morgan fingerprint density at radius 3 is 2.45 bits per heavy atom. The maximum Gasteiger partial charge on any atom is 0.271 e. The highest BCUT2D eigenvalue weighted by molar-refractivity contribution is 6.09. The molecule has 6 heteroatoms. The van der Waals surface area contributed by atoms with Crippen molar-refractivity contribution in [2.45, 2.75) is 38.6 Å². The van der Waals surface area contributed by atoms with E-state index in [1.807, 2.05) is 41.0 Å². The van der Waals surface area contributed by atoms with Crippen molar-refractivity contribution in [2.75, 3.05) is 18.5 Å². The molecule has 1 aliphatic heterocycles. The number of carbonyl (C=O) groups excluding carboxylic acids is 2. The highest BCUT2D eigenvalue weighted by atomic mass is 16.2. The zero-order valence-electron chi connectivity index (χ0n) is 18.0. The normalized spacial score (nSPS) is 13.9. The molecule has 1 N–H and O–H groups in total. The highest BCUT2D eigenvalue weighted by Gasteiger charge is 2.29. The molecule has 0 spiro atoms. The van der Waals surface area contributed by atoms with E-state index < -0.39 is 0 Å². The fourth-order valence-electron chi connectivity index (χ4n) is 4.03. The largest absolute Gasteiger partial charge is 0.350 e. The second-order valence-corrected chi connectivity index (χ2v) is 8.06. The molecular formula is C25H28N4O2. The van der Waals surface area contributed by atoms with Crippen molar-refractivity contribution in [3.8, 4) is 0 Å². The van der Waals surface area contributed by atoms with Crippen LogP contribution in [0.15, 0.2) is 60.7 Å². The third kappa shape index (κ3) is 4.38. The molecule has 2 aromatic carbocycles. The first kappa shape index (κ1) is 20.8. The monoisotopic (exact) mass is 416 g/mol. The fourth-order valence-corrected chi connectivity index (χ4v) is 4.03. The summed E-state index contributed by atoms with van der Waals surface area (Å²) in [7, 11) is 1.69. The van der Waals surface area contributed by atoms with Crippen LogP contribution in [-0.2, 0) is 13.0 Å². The Bertz CT molecular complexity index is 1060. The van der Waals surface area contributed by atoms with Gasteiger partial charge in [0.15, 0.2) is 11.5 Å². The Labute approximate surface area is 182 Å². The van der Waals surface area contributed by atoms with Crippen LogP contribution in [0.25, 0.3) is 0 Å². The van der Waals surface area contributed by atoms with Gasteiger partial charge in [-0.3, -0.25) is 14.5 Å². The summed E-state index contributed by atoms with van der Waals surface area (Å²) in [5.74, 6) is 1.11. The number of anilines is 1. The number of hydrogen-bond acceptors (Lipinski definition) is 3. The van der Waals surface area contributed by atoms with Crippen LogP contribution in [0.4, 0.5) is 5.82 Å². The van der Waals surface area contributed by atoms with Crippen molar-refractivity contribution in [3.63, 3.8) is 0 Å². The lowest BCUT2D eigenvalue weighted by atomic mass is 10.0. The SMILES string of the molecule is CC(CNC(=O)c1c(N(C)C(=O)c2ccccc2)nc2n1CCCC2)c1ccccc1. The lowest BCUT2D eigenvalue weighted by molar-refractivity contribution is 0.0941. The summed E-state index contributed by atoms with van der Waals surface area (Å²) in [6.07, 6.45) is 2.85. The molecule has 0 saturated heterocycles. The second kappa shape index (κ2) is 9.16. The molecule has 0 radical (unpaired) electrons. The van der Waals surface area contributed by atoms with E-state index in [1.165, 1.54) is 10.5 Å². The number of aryl methyl sites for hydroxylation is 1. The maximum absolute atomic E-state index is 13.3. The average Bonchev–Trinajstić information content (AvgIpc) is 3.22. The third-order valence-electron chi connectivity index (χ3n) is 5.86. The summed E-state index contributed by atoms with van der Waals surface area (Å²) in [6, 6.07) is 19.2. The van der Waals surface area contributed by atoms with Gasteiger partial charge in [-0.25, -0.2) is 4.98 Å². The Hall–Kier alpha value is -3.41. The van der Waals surface area contributed by atoms with Crippen LogP contribution < -0.4 is 10.2 Å². The number of imidazole rings is 1. The van der Waals surface area contributed by atoms with Crippen LogP contribution in [0.3, 0.4) is 0 Å². The van der Waals surface area contributed by atoms with Crippen LogP contribution in [0.2, 0.25) is 0 Å². The standard InChI is InChI=1S/C25H28N4O2/c1-18(19-11-5-3-6-12-19)17-26-24(30)22-23(27-21-15-9-10-16-29(21)22)28(2)25(31)20-13-7-4-8-14-20/h3-8,11-14,18H,9-10,15-17H2,1-2H3,(H,26,30). The number of benzene rings is 2. The van der Waals surface area contributed by atoms with E-state index in [1.54, 1.807) is 19.2 Å². The van der Waals surface area contributed by atoms with Crippen molar-refractivity contribution in [3.05, 3.63) is 83.3 Å². The molecule has 160 valence electrons. The average molecular weight is 417 g/mol. The number of hydrogen-bond donors (Lipinski definition) is 1. The summed E-state index contributed by atoms with van der Waals surface area (Å²) < 4.78 is 1.98. The highest BCUT2D eigenvalue weighted by Crippen LogP contribution is 2.27. The Morgan fingerprint density at radius 2 is 1.74 bits per heavy atom. The minimum atomic E-state index is -0.189. The number of fused-ring (bicyclic) bond motifs is 1. The molecule has 1 unspecified atom stereocenters. The molecule has 4 rings (SSSR count). The molecule has 31 heavy (non-hydrogen) atoms. The van der Waals surface area contributed by atoms with E-state index in [4.69, 9.17) is 4.98 Å². The number of carbonyl (C=O) groups is 2. The fraction of sp³-hybridized carbons (Fsp3) is 0.320. The predicted octanol–water partition coefficient (Wildman–Crippen LogP) is 4.03. The number of aromatic nitrogens is 2. The summed E-state index contributed by atoms with van der Waals surface area (Å²) in [4.78, 5) is 32.5. The summed E-state index contributed by atoms with van der Waals surface area (Å²) in [5.41, 5.74) is 2.22. The van der Waals surface area contributed by atoms with Gasteiger partial charge in [0, 0.05) is 32.1 Å². The van der Waals surface area contributed by atoms with Crippen LogP contribution in [-0.4, -0.2) is 35.0 Å². The van der Waals surface area contributed by atoms with Crippen LogP contribution in [0.1, 0.15) is 57.9 Å². The zero-order valence-corrected chi connectivity index (χ0v) is 18.0. The molecule has 0 aliphatic carbocycles. The second-order valence-electron chi connectivity index (χ2n) is 8.06. The molecule has 6 nitrogen and oxygen atoms in total.